The minimum absolute atomic E-state index is 0.0245. The lowest BCUT2D eigenvalue weighted by Crippen LogP contribution is -2.48. The van der Waals surface area contributed by atoms with Gasteiger partial charge in [-0.2, -0.15) is 13.2 Å². The van der Waals surface area contributed by atoms with Gasteiger partial charge in [-0.3, -0.25) is 9.69 Å². The molecule has 10 heteroatoms. The quantitative estimate of drug-likeness (QED) is 0.398. The zero-order chi connectivity index (χ0) is 27.1. The second-order valence-electron chi connectivity index (χ2n) is 10.3. The molecule has 204 valence electrons. The maximum Gasteiger partial charge on any atom is 0.404 e. The van der Waals surface area contributed by atoms with E-state index in [9.17, 15) is 26.4 Å². The van der Waals surface area contributed by atoms with E-state index < -0.39 is 22.1 Å². The van der Waals surface area contributed by atoms with Crippen LogP contribution >= 0.6 is 0 Å². The number of alkyl halides is 3. The molecule has 1 aliphatic heterocycles. The van der Waals surface area contributed by atoms with Crippen molar-refractivity contribution in [3.63, 3.8) is 0 Å². The van der Waals surface area contributed by atoms with Crippen LogP contribution in [-0.4, -0.2) is 48.3 Å². The lowest BCUT2D eigenvalue weighted by Gasteiger charge is -2.36. The van der Waals surface area contributed by atoms with Crippen LogP contribution < -0.4 is 5.32 Å². The Morgan fingerprint density at radius 3 is 2.42 bits per heavy atom. The van der Waals surface area contributed by atoms with Crippen molar-refractivity contribution in [2.45, 2.75) is 75.3 Å². The average molecular weight is 548 g/mol. The molecular formula is C28H32F3N3O3S. The zero-order valence-corrected chi connectivity index (χ0v) is 22.1. The van der Waals surface area contributed by atoms with Gasteiger partial charge in [0, 0.05) is 41.3 Å². The van der Waals surface area contributed by atoms with E-state index in [1.165, 1.54) is 0 Å². The van der Waals surface area contributed by atoms with Crippen molar-refractivity contribution in [1.29, 1.82) is 0 Å². The summed E-state index contributed by atoms with van der Waals surface area (Å²) in [5.74, 6) is -0.248. The van der Waals surface area contributed by atoms with E-state index in [1.807, 2.05) is 12.1 Å². The first-order valence-electron chi connectivity index (χ1n) is 13.1. The number of nitrogens with one attached hydrogen (secondary N) is 1. The Balaban J connectivity index is 1.33. The van der Waals surface area contributed by atoms with Crippen LogP contribution in [0.25, 0.3) is 10.9 Å². The van der Waals surface area contributed by atoms with Gasteiger partial charge in [-0.25, -0.2) is 8.42 Å². The van der Waals surface area contributed by atoms with Crippen LogP contribution in [0.3, 0.4) is 0 Å². The van der Waals surface area contributed by atoms with Crippen LogP contribution in [-0.2, 0) is 22.9 Å². The number of piperidine rings is 1. The monoisotopic (exact) mass is 547 g/mol. The molecule has 0 radical (unpaired) electrons. The predicted octanol–water partition coefficient (Wildman–Crippen LogP) is 5.62. The Hall–Kier alpha value is -2.85. The molecule has 1 saturated heterocycles. The van der Waals surface area contributed by atoms with Gasteiger partial charge in [0.15, 0.2) is 9.84 Å². The van der Waals surface area contributed by atoms with Crippen LogP contribution in [0.2, 0.25) is 0 Å². The summed E-state index contributed by atoms with van der Waals surface area (Å²) in [6.45, 7) is 2.50. The number of carbonyl (C=O) groups excluding carboxylic acids is 1. The topological polar surface area (TPSA) is 71.4 Å². The molecular weight excluding hydrogens is 515 g/mol. The summed E-state index contributed by atoms with van der Waals surface area (Å²) < 4.78 is 67.2. The Labute approximate surface area is 220 Å². The Morgan fingerprint density at radius 1 is 1.03 bits per heavy atom. The molecule has 2 fully saturated rings. The molecule has 3 aromatic rings. The summed E-state index contributed by atoms with van der Waals surface area (Å²) in [6, 6.07) is 12.7. The van der Waals surface area contributed by atoms with Gasteiger partial charge in [0.2, 0.25) is 0 Å². The van der Waals surface area contributed by atoms with Gasteiger partial charge >= 0.3 is 6.18 Å². The lowest BCUT2D eigenvalue weighted by atomic mass is 10.0. The number of aromatic nitrogens is 1. The number of nitrogens with zero attached hydrogens (tertiary/aromatic N) is 2. The number of amides is 1. The van der Waals surface area contributed by atoms with E-state index in [0.717, 1.165) is 41.4 Å². The summed E-state index contributed by atoms with van der Waals surface area (Å²) >= 11 is 0. The Bertz CT molecular complexity index is 1430. The number of carbonyl (C=O) groups is 1. The molecule has 5 rings (SSSR count). The van der Waals surface area contributed by atoms with Gasteiger partial charge < -0.3 is 9.88 Å². The third-order valence-electron chi connectivity index (χ3n) is 7.56. The summed E-state index contributed by atoms with van der Waals surface area (Å²) in [7, 11) is -3.28. The summed E-state index contributed by atoms with van der Waals surface area (Å²) in [5, 5.41) is 3.71. The van der Waals surface area contributed by atoms with E-state index in [2.05, 4.69) is 9.88 Å². The van der Waals surface area contributed by atoms with E-state index >= 15 is 0 Å². The lowest BCUT2D eigenvalue weighted by molar-refractivity contribution is -0.192. The molecule has 1 atom stereocenters. The minimum Gasteiger partial charge on any atom is -0.348 e. The summed E-state index contributed by atoms with van der Waals surface area (Å²) in [5.41, 5.74) is 3.04. The Morgan fingerprint density at radius 2 is 1.76 bits per heavy atom. The van der Waals surface area contributed by atoms with Gasteiger partial charge in [0.1, 0.15) is 6.04 Å². The van der Waals surface area contributed by atoms with Gasteiger partial charge in [0.25, 0.3) is 5.91 Å². The second-order valence-corrected chi connectivity index (χ2v) is 12.5. The molecule has 0 bridgehead atoms. The van der Waals surface area contributed by atoms with Crippen molar-refractivity contribution < 1.29 is 26.4 Å². The van der Waals surface area contributed by atoms with E-state index in [0.29, 0.717) is 18.5 Å². The third-order valence-corrected chi connectivity index (χ3v) is 9.32. The molecule has 2 heterocycles. The predicted molar refractivity (Wildman–Crippen MR) is 140 cm³/mol. The summed E-state index contributed by atoms with van der Waals surface area (Å²) in [6.07, 6.45) is -0.758. The number of hydrogen-bond acceptors (Lipinski definition) is 4. The number of halogens is 3. The molecule has 1 aromatic heterocycles. The van der Waals surface area contributed by atoms with Crippen LogP contribution in [0.4, 0.5) is 13.2 Å². The van der Waals surface area contributed by atoms with Gasteiger partial charge in [-0.05, 0) is 74.2 Å². The first kappa shape index (κ1) is 26.7. The van der Waals surface area contributed by atoms with E-state index in [-0.39, 0.29) is 42.1 Å². The highest BCUT2D eigenvalue weighted by Gasteiger charge is 2.44. The van der Waals surface area contributed by atoms with Crippen LogP contribution in [0.15, 0.2) is 53.4 Å². The zero-order valence-electron chi connectivity index (χ0n) is 21.3. The number of likely N-dealkylation sites (tertiary alicyclic amines) is 1. The second kappa shape index (κ2) is 10.4. The molecule has 0 spiro atoms. The van der Waals surface area contributed by atoms with Crippen molar-refractivity contribution in [3.8, 4) is 0 Å². The van der Waals surface area contributed by atoms with Crippen molar-refractivity contribution in [3.05, 3.63) is 65.4 Å². The number of sulfone groups is 1. The average Bonchev–Trinajstić information content (AvgIpc) is 3.67. The highest BCUT2D eigenvalue weighted by atomic mass is 32.2. The largest absolute Gasteiger partial charge is 0.404 e. The molecule has 1 saturated carbocycles. The molecule has 1 aliphatic carbocycles. The van der Waals surface area contributed by atoms with E-state index in [4.69, 9.17) is 0 Å². The third kappa shape index (κ3) is 5.61. The van der Waals surface area contributed by atoms with Gasteiger partial charge in [-0.15, -0.1) is 0 Å². The Kier molecular flexibility index (Phi) is 7.30. The minimum atomic E-state index is -4.24. The molecule has 2 aliphatic rings. The van der Waals surface area contributed by atoms with E-state index in [1.54, 1.807) is 48.2 Å². The molecule has 6 nitrogen and oxygen atoms in total. The van der Waals surface area contributed by atoms with Crippen LogP contribution in [0.1, 0.15) is 66.7 Å². The van der Waals surface area contributed by atoms with Crippen molar-refractivity contribution in [2.24, 2.45) is 0 Å². The highest BCUT2D eigenvalue weighted by molar-refractivity contribution is 7.91. The molecule has 38 heavy (non-hydrogen) atoms. The fraction of sp³-hybridized carbons (Fsp3) is 0.464. The summed E-state index contributed by atoms with van der Waals surface area (Å²) in [4.78, 5) is 14.7. The first-order chi connectivity index (χ1) is 18.1. The number of hydrogen-bond donors (Lipinski definition) is 1. The van der Waals surface area contributed by atoms with Gasteiger partial charge in [0.05, 0.1) is 10.6 Å². The smallest absolute Gasteiger partial charge is 0.348 e. The van der Waals surface area contributed by atoms with Crippen molar-refractivity contribution in [2.75, 3.05) is 12.3 Å². The number of benzene rings is 2. The van der Waals surface area contributed by atoms with Crippen molar-refractivity contribution in [1.82, 2.24) is 14.8 Å². The molecule has 1 N–H and O–H groups in total. The van der Waals surface area contributed by atoms with Crippen LogP contribution in [0.5, 0.6) is 0 Å². The van der Waals surface area contributed by atoms with Crippen molar-refractivity contribution >= 4 is 26.6 Å². The molecule has 1 unspecified atom stereocenters. The number of rotatable bonds is 8. The number of fused-ring (bicyclic) bond motifs is 1. The maximum absolute atomic E-state index is 13.7. The molecule has 1 amide bonds. The SMILES string of the molecule is CCS(=O)(=O)c1ccc(CNC(=O)c2ccc3c(c2)cc(CN2CCCCC2C(F)(F)F)n3C2CC2)cc1. The molecule has 2 aromatic carbocycles. The fourth-order valence-electron chi connectivity index (χ4n) is 5.34. The van der Waals surface area contributed by atoms with Gasteiger partial charge in [-0.1, -0.05) is 25.5 Å². The first-order valence-corrected chi connectivity index (χ1v) is 14.8. The standard InChI is InChI=1S/C28H32F3N3O3S/c1-2-38(36,37)24-11-6-19(7-12-24)17-32-27(35)20-8-13-25-21(15-20)16-23(34(25)22-9-10-22)18-33-14-4-3-5-26(33)28(29,30)31/h6-8,11-13,15-16,22,26H,2-5,9-10,14,17-18H2,1H3,(H,32,35). The fourth-order valence-corrected chi connectivity index (χ4v) is 6.23. The maximum atomic E-state index is 13.7. The normalized spacial score (nSPS) is 19.1. The highest BCUT2D eigenvalue weighted by Crippen LogP contribution is 2.41. The van der Waals surface area contributed by atoms with Crippen LogP contribution in [0, 0.1) is 0 Å².